The monoisotopic (exact) mass is 653 g/mol. The predicted molar refractivity (Wildman–Crippen MR) is 174 cm³/mol. The van der Waals surface area contributed by atoms with Crippen molar-refractivity contribution in [2.24, 2.45) is 5.92 Å². The molecule has 0 N–H and O–H groups in total. The van der Waals surface area contributed by atoms with Gasteiger partial charge in [-0.2, -0.15) is 0 Å². The maximum Gasteiger partial charge on any atom is 0.345 e. The zero-order valence-corrected chi connectivity index (χ0v) is 25.7. The molecule has 1 atom stereocenters. The summed E-state index contributed by atoms with van der Waals surface area (Å²) in [5, 5.41) is 2.59. The van der Waals surface area contributed by atoms with E-state index in [0.29, 0.717) is 16.5 Å². The fourth-order valence-corrected chi connectivity index (χ4v) is 5.57. The van der Waals surface area contributed by atoms with Crippen molar-refractivity contribution >= 4 is 63.3 Å². The van der Waals surface area contributed by atoms with Crippen LogP contribution in [0.5, 0.6) is 17.2 Å². The van der Waals surface area contributed by atoms with Gasteiger partial charge in [-0.1, -0.05) is 59.6 Å². The van der Waals surface area contributed by atoms with E-state index in [1.807, 2.05) is 42.5 Å². The van der Waals surface area contributed by atoms with Gasteiger partial charge in [0.2, 0.25) is 5.91 Å². The summed E-state index contributed by atoms with van der Waals surface area (Å²) in [6.45, 7) is -0.365. The SMILES string of the molecule is O=C(COC(=O)[C@@H]1CC(=O)N(c2ccc(Oc3cccc4ccccc34)cc2)C1)c1ccc(OC(=O)c2ccc(Cl)cc2Cl)cc1. The number of halogens is 2. The van der Waals surface area contributed by atoms with Crippen LogP contribution in [0, 0.1) is 5.92 Å². The Bertz CT molecular complexity index is 1950. The minimum absolute atomic E-state index is 0.0288. The maximum atomic E-state index is 12.8. The highest BCUT2D eigenvalue weighted by molar-refractivity contribution is 6.36. The average Bonchev–Trinajstić information content (AvgIpc) is 3.45. The summed E-state index contributed by atoms with van der Waals surface area (Å²) in [5.74, 6) is -1.17. The summed E-state index contributed by atoms with van der Waals surface area (Å²) < 4.78 is 16.7. The lowest BCUT2D eigenvalue weighted by Crippen LogP contribution is -2.27. The van der Waals surface area contributed by atoms with Crippen LogP contribution in [0.4, 0.5) is 5.69 Å². The van der Waals surface area contributed by atoms with Gasteiger partial charge in [-0.05, 0) is 78.2 Å². The zero-order chi connectivity index (χ0) is 32.2. The molecular formula is C36H25Cl2NO7. The number of esters is 2. The van der Waals surface area contributed by atoms with Crippen LogP contribution in [0.2, 0.25) is 10.0 Å². The minimum atomic E-state index is -0.714. The van der Waals surface area contributed by atoms with Crippen LogP contribution in [0.25, 0.3) is 10.8 Å². The van der Waals surface area contributed by atoms with Gasteiger partial charge >= 0.3 is 11.9 Å². The second-order valence-electron chi connectivity index (χ2n) is 10.5. The molecule has 6 rings (SSSR count). The van der Waals surface area contributed by atoms with E-state index in [1.165, 1.54) is 47.4 Å². The number of rotatable bonds is 9. The van der Waals surface area contributed by atoms with Crippen LogP contribution in [0.3, 0.4) is 0 Å². The minimum Gasteiger partial charge on any atom is -0.457 e. The van der Waals surface area contributed by atoms with Gasteiger partial charge in [-0.25, -0.2) is 4.79 Å². The Labute approximate surface area is 274 Å². The molecule has 230 valence electrons. The number of hydrogen-bond acceptors (Lipinski definition) is 7. The fourth-order valence-electron chi connectivity index (χ4n) is 5.08. The lowest BCUT2D eigenvalue weighted by atomic mass is 10.1. The first-order valence-corrected chi connectivity index (χ1v) is 15.0. The summed E-state index contributed by atoms with van der Waals surface area (Å²) in [4.78, 5) is 52.2. The summed E-state index contributed by atoms with van der Waals surface area (Å²) in [6, 6.07) is 31.1. The molecule has 0 spiro atoms. The number of Topliss-reactive ketones (excluding diaryl/α,β-unsaturated/α-hetero) is 1. The number of anilines is 1. The molecule has 46 heavy (non-hydrogen) atoms. The second kappa shape index (κ2) is 13.4. The Morgan fingerprint density at radius 3 is 2.28 bits per heavy atom. The quantitative estimate of drug-likeness (QED) is 0.0904. The van der Waals surface area contributed by atoms with Crippen molar-refractivity contribution in [1.29, 1.82) is 0 Å². The Morgan fingerprint density at radius 1 is 0.804 bits per heavy atom. The van der Waals surface area contributed by atoms with Crippen molar-refractivity contribution in [1.82, 2.24) is 0 Å². The van der Waals surface area contributed by atoms with Crippen LogP contribution < -0.4 is 14.4 Å². The third-order valence-electron chi connectivity index (χ3n) is 7.47. The molecule has 0 bridgehead atoms. The van der Waals surface area contributed by atoms with Crippen molar-refractivity contribution in [2.75, 3.05) is 18.1 Å². The number of ether oxygens (including phenoxy) is 3. The van der Waals surface area contributed by atoms with Crippen molar-refractivity contribution in [3.8, 4) is 17.2 Å². The smallest absolute Gasteiger partial charge is 0.345 e. The standard InChI is InChI=1S/C36H25Cl2NO7/c37-25-10-17-30(31(38)19-25)36(43)46-28-13-8-23(9-14-28)32(40)21-44-35(42)24-18-34(41)39(20-24)26-11-15-27(16-12-26)45-33-7-3-5-22-4-1-2-6-29(22)33/h1-17,19,24H,18,20-21H2/t24-/m1/s1. The van der Waals surface area contributed by atoms with Crippen LogP contribution in [0.15, 0.2) is 109 Å². The Morgan fingerprint density at radius 2 is 1.52 bits per heavy atom. The topological polar surface area (TPSA) is 99.2 Å². The number of nitrogens with zero attached hydrogens (tertiary/aromatic N) is 1. The average molecular weight is 655 g/mol. The van der Waals surface area contributed by atoms with Crippen LogP contribution in [0.1, 0.15) is 27.1 Å². The molecule has 0 radical (unpaired) electrons. The Balaban J connectivity index is 1.01. The van der Waals surface area contributed by atoms with E-state index in [-0.39, 0.29) is 40.8 Å². The number of benzene rings is 5. The first-order chi connectivity index (χ1) is 22.2. The molecule has 0 aromatic heterocycles. The summed E-state index contributed by atoms with van der Waals surface area (Å²) in [5.41, 5.74) is 1.03. The molecule has 1 fully saturated rings. The Kier molecular flexibility index (Phi) is 9.01. The van der Waals surface area contributed by atoms with Gasteiger partial charge in [0.15, 0.2) is 12.4 Å². The van der Waals surface area contributed by atoms with E-state index in [2.05, 4.69) is 0 Å². The second-order valence-corrected chi connectivity index (χ2v) is 11.4. The largest absolute Gasteiger partial charge is 0.457 e. The maximum absolute atomic E-state index is 12.8. The van der Waals surface area contributed by atoms with Crippen LogP contribution in [-0.4, -0.2) is 36.8 Å². The van der Waals surface area contributed by atoms with E-state index in [1.54, 1.807) is 24.3 Å². The number of amides is 1. The van der Waals surface area contributed by atoms with Gasteiger partial charge in [0.05, 0.1) is 16.5 Å². The lowest BCUT2D eigenvalue weighted by molar-refractivity contribution is -0.147. The summed E-state index contributed by atoms with van der Waals surface area (Å²) in [6.07, 6.45) is -0.0288. The van der Waals surface area contributed by atoms with Crippen LogP contribution in [-0.2, 0) is 14.3 Å². The van der Waals surface area contributed by atoms with Crippen molar-refractivity contribution < 1.29 is 33.4 Å². The normalized spacial score (nSPS) is 14.3. The van der Waals surface area contributed by atoms with Crippen molar-refractivity contribution in [2.45, 2.75) is 6.42 Å². The predicted octanol–water partition coefficient (Wildman–Crippen LogP) is 7.94. The fraction of sp³-hybridized carbons (Fsp3) is 0.111. The molecule has 8 nitrogen and oxygen atoms in total. The van der Waals surface area contributed by atoms with E-state index in [0.717, 1.165) is 16.5 Å². The molecule has 0 unspecified atom stereocenters. The van der Waals surface area contributed by atoms with Gasteiger partial charge in [0, 0.05) is 34.6 Å². The molecule has 5 aromatic rings. The molecule has 1 amide bonds. The molecule has 0 saturated carbocycles. The number of hydrogen-bond donors (Lipinski definition) is 0. The molecule has 1 heterocycles. The lowest BCUT2D eigenvalue weighted by Gasteiger charge is -2.17. The molecule has 1 aliphatic heterocycles. The molecule has 1 saturated heterocycles. The van der Waals surface area contributed by atoms with Gasteiger partial charge in [-0.3, -0.25) is 14.4 Å². The Hall–Kier alpha value is -5.18. The molecule has 10 heteroatoms. The highest BCUT2D eigenvalue weighted by Crippen LogP contribution is 2.32. The molecule has 0 aliphatic carbocycles. The summed E-state index contributed by atoms with van der Waals surface area (Å²) in [7, 11) is 0. The molecule has 5 aromatic carbocycles. The highest BCUT2D eigenvalue weighted by Gasteiger charge is 2.36. The van der Waals surface area contributed by atoms with E-state index in [9.17, 15) is 19.2 Å². The number of ketones is 1. The first kappa shape index (κ1) is 30.8. The number of carbonyl (C=O) groups is 4. The van der Waals surface area contributed by atoms with Crippen LogP contribution >= 0.6 is 23.2 Å². The first-order valence-electron chi connectivity index (χ1n) is 14.3. The summed E-state index contributed by atoms with van der Waals surface area (Å²) >= 11 is 11.9. The third-order valence-corrected chi connectivity index (χ3v) is 8.02. The van der Waals surface area contributed by atoms with Crippen molar-refractivity contribution in [3.05, 3.63) is 130 Å². The highest BCUT2D eigenvalue weighted by atomic mass is 35.5. The van der Waals surface area contributed by atoms with Crippen molar-refractivity contribution in [3.63, 3.8) is 0 Å². The number of carbonyl (C=O) groups excluding carboxylic acids is 4. The van der Waals surface area contributed by atoms with Gasteiger partial charge < -0.3 is 19.1 Å². The van der Waals surface area contributed by atoms with Gasteiger partial charge in [0.25, 0.3) is 0 Å². The van der Waals surface area contributed by atoms with Gasteiger partial charge in [0.1, 0.15) is 17.2 Å². The zero-order valence-electron chi connectivity index (χ0n) is 24.2. The van der Waals surface area contributed by atoms with E-state index < -0.39 is 30.2 Å². The van der Waals surface area contributed by atoms with E-state index in [4.69, 9.17) is 37.4 Å². The number of fused-ring (bicyclic) bond motifs is 1. The molecular weight excluding hydrogens is 629 g/mol. The molecule has 1 aliphatic rings. The van der Waals surface area contributed by atoms with E-state index >= 15 is 0 Å². The third kappa shape index (κ3) is 6.88. The van der Waals surface area contributed by atoms with Gasteiger partial charge in [-0.15, -0.1) is 0 Å².